The Morgan fingerprint density at radius 1 is 1.32 bits per heavy atom. The summed E-state index contributed by atoms with van der Waals surface area (Å²) in [5.41, 5.74) is 0.155. The Kier molecular flexibility index (Phi) is 4.21. The Morgan fingerprint density at radius 3 is 2.60 bits per heavy atom. The maximum atomic E-state index is 13.2. The SMILES string of the molecule is CCOC(=O)C1C[C@@H]1c1cc(-n2nc(C)nc2C)nc(C(F)(F)F)n1. The molecular formula is C15H16F3N5O2. The lowest BCUT2D eigenvalue weighted by Gasteiger charge is -2.10. The summed E-state index contributed by atoms with van der Waals surface area (Å²) in [7, 11) is 0. The van der Waals surface area contributed by atoms with Gasteiger partial charge in [-0.3, -0.25) is 4.79 Å². The molecule has 0 amide bonds. The van der Waals surface area contributed by atoms with Crippen molar-refractivity contribution in [2.45, 2.75) is 39.3 Å². The number of halogens is 3. The van der Waals surface area contributed by atoms with Gasteiger partial charge in [-0.25, -0.2) is 15.0 Å². The molecule has 0 aliphatic heterocycles. The van der Waals surface area contributed by atoms with Gasteiger partial charge in [-0.05, 0) is 27.2 Å². The summed E-state index contributed by atoms with van der Waals surface area (Å²) in [4.78, 5) is 23.0. The lowest BCUT2D eigenvalue weighted by atomic mass is 10.2. The molecular weight excluding hydrogens is 339 g/mol. The van der Waals surface area contributed by atoms with E-state index in [0.717, 1.165) is 0 Å². The number of hydrogen-bond donors (Lipinski definition) is 0. The Morgan fingerprint density at radius 2 is 2.04 bits per heavy atom. The molecule has 1 unspecified atom stereocenters. The zero-order chi connectivity index (χ0) is 18.4. The average molecular weight is 355 g/mol. The van der Waals surface area contributed by atoms with Crippen molar-refractivity contribution in [2.75, 3.05) is 6.61 Å². The minimum absolute atomic E-state index is 0.0232. The van der Waals surface area contributed by atoms with Crippen LogP contribution in [0.25, 0.3) is 5.82 Å². The highest BCUT2D eigenvalue weighted by molar-refractivity contribution is 5.77. The third-order valence-electron chi connectivity index (χ3n) is 3.84. The van der Waals surface area contributed by atoms with Crippen molar-refractivity contribution in [1.82, 2.24) is 24.7 Å². The highest BCUT2D eigenvalue weighted by atomic mass is 19.4. The van der Waals surface area contributed by atoms with Gasteiger partial charge in [0.05, 0.1) is 18.2 Å². The molecule has 10 heteroatoms. The van der Waals surface area contributed by atoms with Crippen LogP contribution in [-0.4, -0.2) is 37.3 Å². The van der Waals surface area contributed by atoms with Crippen LogP contribution in [0.3, 0.4) is 0 Å². The molecule has 134 valence electrons. The quantitative estimate of drug-likeness (QED) is 0.783. The van der Waals surface area contributed by atoms with Gasteiger partial charge in [0.25, 0.3) is 0 Å². The van der Waals surface area contributed by atoms with Gasteiger partial charge >= 0.3 is 12.1 Å². The lowest BCUT2D eigenvalue weighted by molar-refractivity contribution is -0.145. The molecule has 1 fully saturated rings. The molecule has 0 saturated heterocycles. The van der Waals surface area contributed by atoms with Crippen LogP contribution in [-0.2, 0) is 15.7 Å². The number of carbonyl (C=O) groups excluding carboxylic acids is 1. The van der Waals surface area contributed by atoms with E-state index in [9.17, 15) is 18.0 Å². The molecule has 3 rings (SSSR count). The van der Waals surface area contributed by atoms with E-state index in [0.29, 0.717) is 18.1 Å². The highest BCUT2D eigenvalue weighted by Crippen LogP contribution is 2.48. The number of alkyl halides is 3. The second-order valence-corrected chi connectivity index (χ2v) is 5.79. The van der Waals surface area contributed by atoms with E-state index < -0.39 is 29.8 Å². The average Bonchev–Trinajstić information content (AvgIpc) is 3.25. The number of nitrogens with zero attached hydrogens (tertiary/aromatic N) is 5. The zero-order valence-corrected chi connectivity index (χ0v) is 13.8. The van der Waals surface area contributed by atoms with E-state index in [2.05, 4.69) is 20.1 Å². The first-order valence-corrected chi connectivity index (χ1v) is 7.74. The Balaban J connectivity index is 2.01. The molecule has 0 bridgehead atoms. The third kappa shape index (κ3) is 3.47. The summed E-state index contributed by atoms with van der Waals surface area (Å²) >= 11 is 0. The van der Waals surface area contributed by atoms with Crippen LogP contribution in [0.1, 0.15) is 42.4 Å². The van der Waals surface area contributed by atoms with Crippen LogP contribution in [0.15, 0.2) is 6.07 Å². The van der Waals surface area contributed by atoms with Crippen molar-refractivity contribution >= 4 is 5.97 Å². The first-order chi connectivity index (χ1) is 11.7. The van der Waals surface area contributed by atoms with Crippen molar-refractivity contribution in [1.29, 1.82) is 0 Å². The van der Waals surface area contributed by atoms with Crippen molar-refractivity contribution in [3.8, 4) is 5.82 Å². The first-order valence-electron chi connectivity index (χ1n) is 7.74. The Bertz CT molecular complexity index is 818. The van der Waals surface area contributed by atoms with Gasteiger partial charge in [0.1, 0.15) is 11.6 Å². The van der Waals surface area contributed by atoms with Crippen LogP contribution >= 0.6 is 0 Å². The number of aromatic nitrogens is 5. The highest BCUT2D eigenvalue weighted by Gasteiger charge is 2.47. The van der Waals surface area contributed by atoms with E-state index in [-0.39, 0.29) is 18.1 Å². The van der Waals surface area contributed by atoms with Crippen LogP contribution in [0.4, 0.5) is 13.2 Å². The molecule has 2 heterocycles. The molecule has 0 aromatic carbocycles. The summed E-state index contributed by atoms with van der Waals surface area (Å²) in [6, 6.07) is 1.42. The second kappa shape index (κ2) is 6.08. The minimum Gasteiger partial charge on any atom is -0.466 e. The van der Waals surface area contributed by atoms with Crippen molar-refractivity contribution < 1.29 is 22.7 Å². The summed E-state index contributed by atoms with van der Waals surface area (Å²) in [6.07, 6.45) is -4.30. The molecule has 1 saturated carbocycles. The van der Waals surface area contributed by atoms with E-state index in [1.807, 2.05) is 0 Å². The maximum absolute atomic E-state index is 13.2. The number of rotatable bonds is 4. The summed E-state index contributed by atoms with van der Waals surface area (Å²) < 4.78 is 45.7. The number of hydrogen-bond acceptors (Lipinski definition) is 6. The topological polar surface area (TPSA) is 82.8 Å². The van der Waals surface area contributed by atoms with Gasteiger partial charge in [0.15, 0.2) is 5.82 Å². The molecule has 2 atom stereocenters. The molecule has 1 aliphatic carbocycles. The van der Waals surface area contributed by atoms with E-state index >= 15 is 0 Å². The fourth-order valence-corrected chi connectivity index (χ4v) is 2.65. The maximum Gasteiger partial charge on any atom is 0.451 e. The number of esters is 1. The van der Waals surface area contributed by atoms with Crippen LogP contribution in [0.5, 0.6) is 0 Å². The standard InChI is InChI=1S/C15H16F3N5O2/c1-4-25-13(24)10-5-9(10)11-6-12(21-14(20-11)15(16,17)18)23-8(3)19-7(2)22-23/h6,9-10H,4-5H2,1-3H3/t9-,10?/m0/s1. The minimum atomic E-state index is -4.71. The smallest absolute Gasteiger partial charge is 0.451 e. The largest absolute Gasteiger partial charge is 0.466 e. The predicted molar refractivity (Wildman–Crippen MR) is 78.9 cm³/mol. The van der Waals surface area contributed by atoms with E-state index in [1.165, 1.54) is 10.7 Å². The Labute approximate surface area is 141 Å². The molecule has 0 N–H and O–H groups in total. The first kappa shape index (κ1) is 17.3. The molecule has 2 aromatic heterocycles. The van der Waals surface area contributed by atoms with Gasteiger partial charge in [0.2, 0.25) is 5.82 Å². The third-order valence-corrected chi connectivity index (χ3v) is 3.84. The zero-order valence-electron chi connectivity index (χ0n) is 13.8. The van der Waals surface area contributed by atoms with E-state index in [4.69, 9.17) is 4.74 Å². The summed E-state index contributed by atoms with van der Waals surface area (Å²) in [5.74, 6) is -1.76. The van der Waals surface area contributed by atoms with Gasteiger partial charge < -0.3 is 4.74 Å². The van der Waals surface area contributed by atoms with E-state index in [1.54, 1.807) is 20.8 Å². The van der Waals surface area contributed by atoms with Crippen molar-refractivity contribution in [3.63, 3.8) is 0 Å². The van der Waals surface area contributed by atoms with Gasteiger partial charge in [0, 0.05) is 12.0 Å². The second-order valence-electron chi connectivity index (χ2n) is 5.79. The van der Waals surface area contributed by atoms with Gasteiger partial charge in [-0.1, -0.05) is 0 Å². The molecule has 25 heavy (non-hydrogen) atoms. The molecule has 1 aliphatic rings. The molecule has 0 spiro atoms. The molecule has 7 nitrogen and oxygen atoms in total. The number of carbonyl (C=O) groups is 1. The fraction of sp³-hybridized carbons (Fsp3) is 0.533. The van der Waals surface area contributed by atoms with Crippen LogP contribution < -0.4 is 0 Å². The summed E-state index contributed by atoms with van der Waals surface area (Å²) in [5, 5.41) is 4.06. The van der Waals surface area contributed by atoms with Gasteiger partial charge in [-0.2, -0.15) is 17.9 Å². The van der Waals surface area contributed by atoms with Crippen LogP contribution in [0, 0.1) is 19.8 Å². The molecule has 0 radical (unpaired) electrons. The van der Waals surface area contributed by atoms with Gasteiger partial charge in [-0.15, -0.1) is 5.10 Å². The monoisotopic (exact) mass is 355 g/mol. The number of ether oxygens (including phenoxy) is 1. The molecule has 2 aromatic rings. The van der Waals surface area contributed by atoms with Crippen molar-refractivity contribution in [2.24, 2.45) is 5.92 Å². The summed E-state index contributed by atoms with van der Waals surface area (Å²) in [6.45, 7) is 5.15. The fourth-order valence-electron chi connectivity index (χ4n) is 2.65. The number of aryl methyl sites for hydroxylation is 2. The van der Waals surface area contributed by atoms with Crippen LogP contribution in [0.2, 0.25) is 0 Å². The normalized spacial score (nSPS) is 19.8. The van der Waals surface area contributed by atoms with Crippen molar-refractivity contribution in [3.05, 3.63) is 29.2 Å². The predicted octanol–water partition coefficient (Wildman–Crippen LogP) is 2.36. The lowest BCUT2D eigenvalue weighted by Crippen LogP contribution is -2.16. The Hall–Kier alpha value is -2.52.